The summed E-state index contributed by atoms with van der Waals surface area (Å²) in [6.45, 7) is 38.8. The van der Waals surface area contributed by atoms with Crippen LogP contribution in [0.15, 0.2) is 109 Å². The first-order chi connectivity index (χ1) is 36.6. The van der Waals surface area contributed by atoms with Crippen molar-refractivity contribution in [2.75, 3.05) is 9.80 Å². The Kier molecular flexibility index (Phi) is 8.46. The molecule has 0 unspecified atom stereocenters. The van der Waals surface area contributed by atoms with Crippen molar-refractivity contribution in [3.05, 3.63) is 148 Å². The van der Waals surface area contributed by atoms with Crippen LogP contribution >= 0.6 is 11.3 Å². The first-order valence-corrected chi connectivity index (χ1v) is 26.3. The van der Waals surface area contributed by atoms with E-state index in [1.165, 1.54) is 16.7 Å². The molecule has 7 aromatic rings. The molecule has 10 rings (SSSR count). The van der Waals surface area contributed by atoms with Gasteiger partial charge in [0.2, 0.25) is 0 Å². The maximum atomic E-state index is 10.7. The Hall–Kier alpha value is -5.06. The summed E-state index contributed by atoms with van der Waals surface area (Å²) in [5.41, 5.74) is 6.51. The Morgan fingerprint density at radius 2 is 1.03 bits per heavy atom. The lowest BCUT2D eigenvalue weighted by molar-refractivity contribution is 0.332. The Morgan fingerprint density at radius 1 is 0.500 bits per heavy atom. The first kappa shape index (κ1) is 37.7. The second-order valence-electron chi connectivity index (χ2n) is 27.0. The van der Waals surface area contributed by atoms with E-state index in [0.717, 1.165) is 55.8 Å². The number of benzene rings is 6. The molecule has 1 aliphatic carbocycles. The maximum absolute atomic E-state index is 10.7. The zero-order valence-electron chi connectivity index (χ0n) is 55.4. The van der Waals surface area contributed by atoms with E-state index in [0.29, 0.717) is 16.7 Å². The lowest BCUT2D eigenvalue weighted by Gasteiger charge is -2.46. The van der Waals surface area contributed by atoms with Gasteiger partial charge < -0.3 is 9.80 Å². The van der Waals surface area contributed by atoms with Crippen molar-refractivity contribution in [1.82, 2.24) is 0 Å². The number of thiophene rings is 1. The number of hydrogen-bond acceptors (Lipinski definition) is 3. The van der Waals surface area contributed by atoms with Crippen molar-refractivity contribution in [3.8, 4) is 11.1 Å². The summed E-state index contributed by atoms with van der Waals surface area (Å²) in [7, 11) is 0. The highest BCUT2D eigenvalue weighted by molar-refractivity contribution is 7.33. The van der Waals surface area contributed by atoms with Gasteiger partial charge in [0, 0.05) is 43.2 Å². The van der Waals surface area contributed by atoms with Crippen LogP contribution in [0, 0.1) is 0 Å². The number of nitrogens with zero attached hydrogens (tertiary/aromatic N) is 2. The zero-order valence-corrected chi connectivity index (χ0v) is 46.2. The van der Waals surface area contributed by atoms with Gasteiger partial charge in [-0.05, 0) is 161 Å². The highest BCUT2D eigenvalue weighted by Crippen LogP contribution is 2.54. The standard InChI is InChI=1S/C66H79BN2S/c1-60(2,3)41-22-20-40(21-23-41)47-34-42(61(4,5)6)24-29-52(47)69-53-30-25-44(63(10,11)12)36-51(53)67-57-54(37-45(38-55(57)69)64(13,14)15)68(46-27-28-49-50(39-46)66(18,19)33-32-65(49,16)17)58-48-35-43(62(7,8)9)26-31-56(48)70-59(58)67/h20-31,34-39H,32-33H2,1-19H3/i20D,21D,22D,23D,24D,25D,29D,30D,34D,36D. The van der Waals surface area contributed by atoms with E-state index in [1.807, 2.05) is 62.3 Å². The topological polar surface area (TPSA) is 6.48 Å². The first-order valence-electron chi connectivity index (χ1n) is 30.5. The summed E-state index contributed by atoms with van der Waals surface area (Å²) in [6.07, 6.45) is 2.07. The average molecular weight is 953 g/mol. The van der Waals surface area contributed by atoms with Gasteiger partial charge in [-0.1, -0.05) is 186 Å². The summed E-state index contributed by atoms with van der Waals surface area (Å²) in [4.78, 5) is 4.15. The van der Waals surface area contributed by atoms with Crippen LogP contribution in [-0.4, -0.2) is 6.71 Å². The van der Waals surface area contributed by atoms with Gasteiger partial charge in [0.1, 0.15) is 0 Å². The largest absolute Gasteiger partial charge is 0.311 e. The predicted octanol–water partition coefficient (Wildman–Crippen LogP) is 17.5. The van der Waals surface area contributed by atoms with Crippen molar-refractivity contribution >= 4 is 78.0 Å². The number of anilines is 6. The van der Waals surface area contributed by atoms with Gasteiger partial charge in [0.15, 0.2) is 0 Å². The number of fused-ring (bicyclic) bond motifs is 7. The van der Waals surface area contributed by atoms with E-state index in [1.54, 1.807) is 16.2 Å². The minimum atomic E-state index is -0.898. The van der Waals surface area contributed by atoms with Gasteiger partial charge in [0.05, 0.1) is 25.1 Å². The third kappa shape index (κ3) is 7.98. The molecule has 1 aromatic heterocycles. The van der Waals surface area contributed by atoms with Crippen LogP contribution in [0.4, 0.5) is 34.1 Å². The molecule has 0 atom stereocenters. The minimum absolute atomic E-state index is 0.0539. The molecule has 0 saturated carbocycles. The van der Waals surface area contributed by atoms with Crippen LogP contribution in [0.3, 0.4) is 0 Å². The molecule has 0 N–H and O–H groups in total. The molecular weight excluding hydrogens is 864 g/mol. The molecule has 0 fully saturated rings. The van der Waals surface area contributed by atoms with Gasteiger partial charge in [-0.25, -0.2) is 0 Å². The molecule has 6 aromatic carbocycles. The maximum Gasteiger partial charge on any atom is 0.264 e. The van der Waals surface area contributed by atoms with Gasteiger partial charge in [-0.15, -0.1) is 11.3 Å². The van der Waals surface area contributed by atoms with Crippen LogP contribution in [0.2, 0.25) is 0 Å². The Morgan fingerprint density at radius 3 is 1.61 bits per heavy atom. The molecule has 0 radical (unpaired) electrons. The minimum Gasteiger partial charge on any atom is -0.311 e. The predicted molar refractivity (Wildman–Crippen MR) is 310 cm³/mol. The SMILES string of the molecule is [2H]c1c([2H])c(C(C)(C)C)c([2H])c([2H])c1-c1c([2H])c(C(C)(C)C)c([2H])c([2H])c1N1c2cc(C(C)(C)C)cc3c2B(c2sc4ccc(C(C)(C)C)cc4c2N3c2ccc3c(c2)C(C)(C)CCC3(C)C)c2c([2H])c(C(C)(C)C)c([2H])c([2H])c21. The van der Waals surface area contributed by atoms with E-state index in [4.69, 9.17) is 0 Å². The molecule has 2 aliphatic heterocycles. The Labute approximate surface area is 441 Å². The summed E-state index contributed by atoms with van der Waals surface area (Å²) in [5.74, 6) is 0. The lowest BCUT2D eigenvalue weighted by atomic mass is 9.36. The molecule has 362 valence electrons. The van der Waals surface area contributed by atoms with Crippen molar-refractivity contribution in [1.29, 1.82) is 0 Å². The van der Waals surface area contributed by atoms with Gasteiger partial charge >= 0.3 is 0 Å². The molecule has 70 heavy (non-hydrogen) atoms. The van der Waals surface area contributed by atoms with E-state index < -0.39 is 28.4 Å². The quantitative estimate of drug-likeness (QED) is 0.163. The van der Waals surface area contributed by atoms with Crippen molar-refractivity contribution in [2.45, 2.75) is 182 Å². The number of hydrogen-bond donors (Lipinski definition) is 0. The van der Waals surface area contributed by atoms with E-state index >= 15 is 0 Å². The van der Waals surface area contributed by atoms with Crippen LogP contribution in [0.1, 0.15) is 197 Å². The van der Waals surface area contributed by atoms with Crippen molar-refractivity contribution < 1.29 is 13.7 Å². The molecule has 2 nitrogen and oxygen atoms in total. The van der Waals surface area contributed by atoms with E-state index in [2.05, 4.69) is 123 Å². The Balaban J connectivity index is 1.48. The molecule has 3 aliphatic rings. The van der Waals surface area contributed by atoms with Gasteiger partial charge in [-0.3, -0.25) is 0 Å². The number of rotatable bonds is 3. The Bertz CT molecular complexity index is 3810. The van der Waals surface area contributed by atoms with E-state index in [9.17, 15) is 13.7 Å². The summed E-state index contributed by atoms with van der Waals surface area (Å²) < 4.78 is 103. The van der Waals surface area contributed by atoms with Crippen molar-refractivity contribution in [2.24, 2.45) is 0 Å². The van der Waals surface area contributed by atoms with Crippen LogP contribution in [-0.2, 0) is 37.9 Å². The van der Waals surface area contributed by atoms with Crippen LogP contribution < -0.4 is 25.5 Å². The summed E-state index contributed by atoms with van der Waals surface area (Å²) in [6, 6.07) is 15.7. The highest BCUT2D eigenvalue weighted by atomic mass is 32.1. The molecule has 0 bridgehead atoms. The van der Waals surface area contributed by atoms with Gasteiger partial charge in [0.25, 0.3) is 6.71 Å². The summed E-state index contributed by atoms with van der Waals surface area (Å²) >= 11 is 1.67. The third-order valence-corrected chi connectivity index (χ3v) is 16.6. The zero-order chi connectivity index (χ0) is 59.3. The normalized spacial score (nSPS) is 18.5. The third-order valence-electron chi connectivity index (χ3n) is 15.4. The molecule has 0 spiro atoms. The fourth-order valence-electron chi connectivity index (χ4n) is 10.7. The molecule has 0 amide bonds. The highest BCUT2D eigenvalue weighted by Gasteiger charge is 2.47. The van der Waals surface area contributed by atoms with Gasteiger partial charge in [-0.2, -0.15) is 0 Å². The van der Waals surface area contributed by atoms with Crippen molar-refractivity contribution in [3.63, 3.8) is 0 Å². The monoisotopic (exact) mass is 953 g/mol. The van der Waals surface area contributed by atoms with Crippen LogP contribution in [0.5, 0.6) is 0 Å². The molecular formula is C66H79BN2S. The summed E-state index contributed by atoms with van der Waals surface area (Å²) in [5, 5.41) is 1.06. The van der Waals surface area contributed by atoms with Crippen LogP contribution in [0.25, 0.3) is 21.2 Å². The fourth-order valence-corrected chi connectivity index (χ4v) is 12.0. The lowest BCUT2D eigenvalue weighted by Crippen LogP contribution is -2.60. The van der Waals surface area contributed by atoms with E-state index in [-0.39, 0.29) is 110 Å². The molecule has 3 heterocycles. The average Bonchev–Trinajstić information content (AvgIpc) is 3.90. The smallest absolute Gasteiger partial charge is 0.264 e. The second-order valence-corrected chi connectivity index (χ2v) is 28.1. The molecule has 0 saturated heterocycles. The second kappa shape index (κ2) is 15.7. The molecule has 4 heteroatoms. The fraction of sp³-hybridized carbons (Fsp3) is 0.424.